The minimum atomic E-state index is -2.03. The highest BCUT2D eigenvalue weighted by molar-refractivity contribution is 6.67. The fraction of sp³-hybridized carbons (Fsp3) is 1.00. The van der Waals surface area contributed by atoms with Crippen molar-refractivity contribution >= 4 is 8.56 Å². The lowest BCUT2D eigenvalue weighted by Crippen LogP contribution is -2.45. The van der Waals surface area contributed by atoms with Crippen molar-refractivity contribution in [3.8, 4) is 0 Å². The molecule has 1 aliphatic heterocycles. The maximum absolute atomic E-state index is 6.31. The van der Waals surface area contributed by atoms with Crippen LogP contribution >= 0.6 is 0 Å². The van der Waals surface area contributed by atoms with Gasteiger partial charge in [0.05, 0.1) is 12.2 Å². The molecule has 0 bridgehead atoms. The van der Waals surface area contributed by atoms with E-state index in [0.29, 0.717) is 12.2 Å². The summed E-state index contributed by atoms with van der Waals surface area (Å²) in [6.07, 6.45) is 6.85. The Bertz CT molecular complexity index is 296. The van der Waals surface area contributed by atoms with Crippen molar-refractivity contribution in [2.45, 2.75) is 96.8 Å². The van der Waals surface area contributed by atoms with Crippen molar-refractivity contribution in [3.05, 3.63) is 0 Å². The quantitative estimate of drug-likeness (QED) is 0.496. The lowest BCUT2D eigenvalue weighted by atomic mass is 9.88. The standard InChI is InChI=1S/C16H32O3Si/c1-6-20(18-12(2)3,19-13(4)5)10-9-14-7-8-15-16(11-14)17-15/h12-16H,6-11H2,1-5H3. The average molecular weight is 301 g/mol. The lowest BCUT2D eigenvalue weighted by molar-refractivity contribution is 0.103. The minimum absolute atomic E-state index is 0.267. The maximum Gasteiger partial charge on any atom is 0.338 e. The molecule has 118 valence electrons. The van der Waals surface area contributed by atoms with Crippen molar-refractivity contribution in [3.63, 3.8) is 0 Å². The van der Waals surface area contributed by atoms with E-state index < -0.39 is 8.56 Å². The van der Waals surface area contributed by atoms with Gasteiger partial charge in [-0.3, -0.25) is 0 Å². The molecule has 1 saturated heterocycles. The van der Waals surface area contributed by atoms with E-state index in [-0.39, 0.29) is 12.2 Å². The van der Waals surface area contributed by atoms with E-state index in [0.717, 1.165) is 18.0 Å². The molecule has 0 aromatic rings. The van der Waals surface area contributed by atoms with Crippen LogP contribution in [0, 0.1) is 5.92 Å². The van der Waals surface area contributed by atoms with Gasteiger partial charge in [-0.2, -0.15) is 0 Å². The molecular weight excluding hydrogens is 268 g/mol. The molecule has 3 nitrogen and oxygen atoms in total. The molecule has 0 N–H and O–H groups in total. The summed E-state index contributed by atoms with van der Waals surface area (Å²) in [5.41, 5.74) is 0. The van der Waals surface area contributed by atoms with Crippen LogP contribution in [0.2, 0.25) is 12.1 Å². The van der Waals surface area contributed by atoms with Crippen molar-refractivity contribution in [1.29, 1.82) is 0 Å². The number of rotatable bonds is 8. The molecule has 0 amide bonds. The molecule has 2 fully saturated rings. The second kappa shape index (κ2) is 6.90. The fourth-order valence-corrected chi connectivity index (χ4v) is 7.07. The van der Waals surface area contributed by atoms with Crippen LogP contribution in [-0.2, 0) is 13.6 Å². The first-order valence-corrected chi connectivity index (χ1v) is 10.7. The summed E-state index contributed by atoms with van der Waals surface area (Å²) in [4.78, 5) is 0. The van der Waals surface area contributed by atoms with Gasteiger partial charge < -0.3 is 13.6 Å². The van der Waals surface area contributed by atoms with Crippen molar-refractivity contribution in [2.75, 3.05) is 0 Å². The largest absolute Gasteiger partial charge is 0.392 e. The maximum atomic E-state index is 6.31. The Morgan fingerprint density at radius 3 is 2.20 bits per heavy atom. The zero-order chi connectivity index (χ0) is 14.8. The molecule has 0 spiro atoms. The normalized spacial score (nSPS) is 29.9. The third-order valence-electron chi connectivity index (χ3n) is 4.49. The van der Waals surface area contributed by atoms with Gasteiger partial charge in [0.2, 0.25) is 0 Å². The predicted molar refractivity (Wildman–Crippen MR) is 84.1 cm³/mol. The van der Waals surface area contributed by atoms with Gasteiger partial charge in [-0.1, -0.05) is 6.92 Å². The Kier molecular flexibility index (Phi) is 5.68. The van der Waals surface area contributed by atoms with Gasteiger partial charge in [0.1, 0.15) is 0 Å². The summed E-state index contributed by atoms with van der Waals surface area (Å²) in [5.74, 6) is 0.823. The number of ether oxygens (including phenoxy) is 1. The van der Waals surface area contributed by atoms with Gasteiger partial charge in [-0.25, -0.2) is 0 Å². The van der Waals surface area contributed by atoms with Gasteiger partial charge in [0.25, 0.3) is 0 Å². The van der Waals surface area contributed by atoms with E-state index in [9.17, 15) is 0 Å². The Morgan fingerprint density at radius 1 is 1.05 bits per heavy atom. The molecule has 2 aliphatic rings. The van der Waals surface area contributed by atoms with Gasteiger partial charge in [0, 0.05) is 12.2 Å². The van der Waals surface area contributed by atoms with E-state index in [1.54, 1.807) is 0 Å². The van der Waals surface area contributed by atoms with Crippen molar-refractivity contribution < 1.29 is 13.6 Å². The van der Waals surface area contributed by atoms with Crippen LogP contribution in [0.15, 0.2) is 0 Å². The number of hydrogen-bond acceptors (Lipinski definition) is 3. The Balaban J connectivity index is 1.87. The van der Waals surface area contributed by atoms with E-state index in [1.165, 1.54) is 25.7 Å². The van der Waals surface area contributed by atoms with Gasteiger partial charge in [-0.05, 0) is 71.4 Å². The van der Waals surface area contributed by atoms with Gasteiger partial charge in [-0.15, -0.1) is 0 Å². The summed E-state index contributed by atoms with van der Waals surface area (Å²) in [5, 5.41) is 0. The lowest BCUT2D eigenvalue weighted by Gasteiger charge is -2.35. The highest BCUT2D eigenvalue weighted by atomic mass is 28.4. The molecular formula is C16H32O3Si. The smallest absolute Gasteiger partial charge is 0.338 e. The highest BCUT2D eigenvalue weighted by Crippen LogP contribution is 2.42. The summed E-state index contributed by atoms with van der Waals surface area (Å²) in [6.45, 7) is 10.8. The second-order valence-corrected chi connectivity index (χ2v) is 10.5. The van der Waals surface area contributed by atoms with Crippen LogP contribution < -0.4 is 0 Å². The van der Waals surface area contributed by atoms with Crippen LogP contribution in [0.25, 0.3) is 0 Å². The minimum Gasteiger partial charge on any atom is -0.392 e. The summed E-state index contributed by atoms with van der Waals surface area (Å²) in [7, 11) is -2.03. The van der Waals surface area contributed by atoms with Crippen molar-refractivity contribution in [2.24, 2.45) is 5.92 Å². The van der Waals surface area contributed by atoms with Crippen LogP contribution in [0.1, 0.15) is 60.3 Å². The number of epoxide rings is 1. The monoisotopic (exact) mass is 300 g/mol. The molecule has 3 unspecified atom stereocenters. The Morgan fingerprint density at radius 2 is 1.70 bits per heavy atom. The van der Waals surface area contributed by atoms with E-state index in [1.807, 2.05) is 0 Å². The Hall–Kier alpha value is 0.0969. The summed E-state index contributed by atoms with van der Waals surface area (Å²) >= 11 is 0. The summed E-state index contributed by atoms with van der Waals surface area (Å²) < 4.78 is 18.3. The van der Waals surface area contributed by atoms with Crippen LogP contribution in [-0.4, -0.2) is 33.0 Å². The number of fused-ring (bicyclic) bond motifs is 1. The van der Waals surface area contributed by atoms with Gasteiger partial charge in [0.15, 0.2) is 0 Å². The SMILES string of the molecule is CC[Si](CCC1CCC2OC2C1)(OC(C)C)OC(C)C. The molecule has 3 atom stereocenters. The molecule has 0 radical (unpaired) electrons. The zero-order valence-corrected chi connectivity index (χ0v) is 14.9. The molecule has 1 saturated carbocycles. The van der Waals surface area contributed by atoms with E-state index >= 15 is 0 Å². The van der Waals surface area contributed by atoms with Crippen molar-refractivity contribution in [1.82, 2.24) is 0 Å². The number of hydrogen-bond donors (Lipinski definition) is 0. The van der Waals surface area contributed by atoms with Crippen LogP contribution in [0.4, 0.5) is 0 Å². The first-order chi connectivity index (χ1) is 9.44. The fourth-order valence-electron chi connectivity index (χ4n) is 3.52. The molecule has 0 aromatic heterocycles. The molecule has 1 heterocycles. The average Bonchev–Trinajstić information content (AvgIpc) is 3.13. The second-order valence-electron chi connectivity index (χ2n) is 7.03. The van der Waals surface area contributed by atoms with Crippen LogP contribution in [0.3, 0.4) is 0 Å². The topological polar surface area (TPSA) is 31.0 Å². The molecule has 1 aliphatic carbocycles. The Labute approximate surface area is 125 Å². The highest BCUT2D eigenvalue weighted by Gasteiger charge is 2.45. The van der Waals surface area contributed by atoms with Crippen LogP contribution in [0.5, 0.6) is 0 Å². The first-order valence-electron chi connectivity index (χ1n) is 8.45. The zero-order valence-electron chi connectivity index (χ0n) is 13.9. The third-order valence-corrected chi connectivity index (χ3v) is 8.42. The molecule has 4 heteroatoms. The van der Waals surface area contributed by atoms with E-state index in [2.05, 4.69) is 34.6 Å². The summed E-state index contributed by atoms with van der Waals surface area (Å²) in [6, 6.07) is 2.19. The predicted octanol–water partition coefficient (Wildman–Crippen LogP) is 4.26. The molecule has 0 aromatic carbocycles. The van der Waals surface area contributed by atoms with Gasteiger partial charge >= 0.3 is 8.56 Å². The third kappa shape index (κ3) is 4.55. The van der Waals surface area contributed by atoms with E-state index in [4.69, 9.17) is 13.6 Å². The first kappa shape index (κ1) is 16.5. The molecule has 2 rings (SSSR count). The molecule has 20 heavy (non-hydrogen) atoms.